The number of likely N-dealkylation sites (N-methyl/N-ethyl adjacent to an activating group) is 1. The molecule has 0 saturated carbocycles. The lowest BCUT2D eigenvalue weighted by Gasteiger charge is -2.32. The Kier molecular flexibility index (Phi) is 10.1. The van der Waals surface area contributed by atoms with E-state index in [-0.39, 0.29) is 33.1 Å². The van der Waals surface area contributed by atoms with Gasteiger partial charge in [-0.05, 0) is 62.7 Å². The zero-order chi connectivity index (χ0) is 28.0. The summed E-state index contributed by atoms with van der Waals surface area (Å²) < 4.78 is 28.6. The first kappa shape index (κ1) is 29.8. The summed E-state index contributed by atoms with van der Waals surface area (Å²) in [5.74, 6) is -0.998. The van der Waals surface area contributed by atoms with Gasteiger partial charge in [0.05, 0.1) is 10.6 Å². The number of sulfonamides is 1. The molecule has 0 fully saturated rings. The number of benzene rings is 3. The molecule has 0 spiro atoms. The van der Waals surface area contributed by atoms with Crippen LogP contribution in [0.25, 0.3) is 0 Å². The average molecular weight is 597 g/mol. The van der Waals surface area contributed by atoms with Crippen molar-refractivity contribution >= 4 is 62.3 Å². The first-order valence-electron chi connectivity index (χ1n) is 11.8. The Morgan fingerprint density at radius 3 is 2.13 bits per heavy atom. The van der Waals surface area contributed by atoms with Crippen LogP contribution in [0.3, 0.4) is 0 Å². The van der Waals surface area contributed by atoms with E-state index in [2.05, 4.69) is 5.32 Å². The second kappa shape index (κ2) is 12.8. The zero-order valence-corrected chi connectivity index (χ0v) is 24.2. The number of carbonyl (C=O) groups is 2. The van der Waals surface area contributed by atoms with Crippen molar-refractivity contribution in [3.63, 3.8) is 0 Å². The molecular weight excluding hydrogens is 569 g/mol. The second-order valence-corrected chi connectivity index (χ2v) is 11.8. The highest BCUT2D eigenvalue weighted by atomic mass is 35.5. The maximum Gasteiger partial charge on any atom is 0.264 e. The number of hydrogen-bond acceptors (Lipinski definition) is 4. The summed E-state index contributed by atoms with van der Waals surface area (Å²) in [6.07, 6.45) is 0. The van der Waals surface area contributed by atoms with Crippen molar-refractivity contribution in [2.24, 2.45) is 0 Å². The van der Waals surface area contributed by atoms with Crippen LogP contribution in [0.15, 0.2) is 71.6 Å². The highest BCUT2D eigenvalue weighted by Crippen LogP contribution is 2.30. The normalized spacial score (nSPS) is 12.1. The molecule has 0 aliphatic carbocycles. The molecule has 0 radical (unpaired) electrons. The van der Waals surface area contributed by atoms with E-state index < -0.39 is 28.5 Å². The lowest BCUT2D eigenvalue weighted by Crippen LogP contribution is -2.51. The van der Waals surface area contributed by atoms with Crippen LogP contribution in [0.1, 0.15) is 25.0 Å². The van der Waals surface area contributed by atoms with E-state index in [1.54, 1.807) is 50.2 Å². The quantitative estimate of drug-likeness (QED) is 0.325. The summed E-state index contributed by atoms with van der Waals surface area (Å²) >= 11 is 18.7. The van der Waals surface area contributed by atoms with E-state index in [0.29, 0.717) is 17.1 Å². The van der Waals surface area contributed by atoms with Crippen LogP contribution in [0.5, 0.6) is 0 Å². The highest BCUT2D eigenvalue weighted by Gasteiger charge is 2.33. The van der Waals surface area contributed by atoms with Crippen LogP contribution in [-0.4, -0.2) is 44.3 Å². The van der Waals surface area contributed by atoms with Crippen molar-refractivity contribution in [3.05, 3.63) is 92.9 Å². The summed E-state index contributed by atoms with van der Waals surface area (Å²) in [5.41, 5.74) is 1.59. The van der Waals surface area contributed by atoms with Gasteiger partial charge in [0.1, 0.15) is 12.6 Å². The molecule has 2 amide bonds. The molecule has 3 aromatic rings. The number of nitrogens with zero attached hydrogens (tertiary/aromatic N) is 2. The number of anilines is 1. The fraction of sp³-hybridized carbons (Fsp3) is 0.259. The second-order valence-electron chi connectivity index (χ2n) is 8.64. The van der Waals surface area contributed by atoms with Crippen LogP contribution >= 0.6 is 34.8 Å². The number of carbonyl (C=O) groups excluding carboxylic acids is 2. The Labute approximate surface area is 238 Å². The molecule has 0 heterocycles. The summed E-state index contributed by atoms with van der Waals surface area (Å²) in [7, 11) is -4.23. The molecule has 0 saturated heterocycles. The Morgan fingerprint density at radius 2 is 1.55 bits per heavy atom. The largest absolute Gasteiger partial charge is 0.355 e. The Balaban J connectivity index is 2.08. The summed E-state index contributed by atoms with van der Waals surface area (Å²) in [6.45, 7) is 4.93. The molecule has 38 heavy (non-hydrogen) atoms. The van der Waals surface area contributed by atoms with Gasteiger partial charge in [-0.3, -0.25) is 13.9 Å². The van der Waals surface area contributed by atoms with Gasteiger partial charge in [-0.2, -0.15) is 0 Å². The monoisotopic (exact) mass is 595 g/mol. The van der Waals surface area contributed by atoms with Crippen molar-refractivity contribution in [1.29, 1.82) is 0 Å². The minimum atomic E-state index is -4.23. The summed E-state index contributed by atoms with van der Waals surface area (Å²) in [6, 6.07) is 16.6. The molecule has 202 valence electrons. The molecule has 1 atom stereocenters. The van der Waals surface area contributed by atoms with Gasteiger partial charge in [0.15, 0.2) is 0 Å². The van der Waals surface area contributed by atoms with Crippen LogP contribution in [0.2, 0.25) is 15.1 Å². The van der Waals surface area contributed by atoms with Crippen LogP contribution in [0.4, 0.5) is 5.69 Å². The molecule has 3 aromatic carbocycles. The maximum atomic E-state index is 13.8. The number of amides is 2. The van der Waals surface area contributed by atoms with Gasteiger partial charge in [-0.25, -0.2) is 8.42 Å². The van der Waals surface area contributed by atoms with E-state index >= 15 is 0 Å². The summed E-state index contributed by atoms with van der Waals surface area (Å²) in [5, 5.41) is 3.53. The van der Waals surface area contributed by atoms with Gasteiger partial charge in [0.25, 0.3) is 10.0 Å². The highest BCUT2D eigenvalue weighted by molar-refractivity contribution is 7.92. The molecule has 7 nitrogen and oxygen atoms in total. The van der Waals surface area contributed by atoms with E-state index in [1.165, 1.54) is 35.2 Å². The molecule has 0 aliphatic heterocycles. The van der Waals surface area contributed by atoms with Crippen molar-refractivity contribution in [2.75, 3.05) is 17.4 Å². The van der Waals surface area contributed by atoms with Gasteiger partial charge in [0, 0.05) is 28.2 Å². The van der Waals surface area contributed by atoms with Gasteiger partial charge in [-0.1, -0.05) is 70.7 Å². The number of nitrogens with one attached hydrogen (secondary N) is 1. The first-order chi connectivity index (χ1) is 17.9. The zero-order valence-electron chi connectivity index (χ0n) is 21.1. The Morgan fingerprint density at radius 1 is 0.947 bits per heavy atom. The molecule has 0 aromatic heterocycles. The van der Waals surface area contributed by atoms with Gasteiger partial charge < -0.3 is 10.2 Å². The number of rotatable bonds is 10. The number of hydrogen-bond donors (Lipinski definition) is 1. The van der Waals surface area contributed by atoms with Crippen molar-refractivity contribution in [2.45, 2.75) is 38.3 Å². The van der Waals surface area contributed by atoms with Crippen LogP contribution < -0.4 is 9.62 Å². The molecular formula is C27H28Cl3N3O4S. The number of halogens is 3. The van der Waals surface area contributed by atoms with E-state index in [1.807, 2.05) is 6.92 Å². The lowest BCUT2D eigenvalue weighted by atomic mass is 10.1. The predicted octanol–water partition coefficient (Wildman–Crippen LogP) is 5.70. The van der Waals surface area contributed by atoms with Crippen LogP contribution in [0, 0.1) is 6.92 Å². The van der Waals surface area contributed by atoms with Gasteiger partial charge in [-0.15, -0.1) is 0 Å². The standard InChI is InChI=1S/C27H28Cl3N3O4S/c1-4-31-27(35)19(3)32(16-20-7-5-6-8-25(20)30)26(34)17-33(23-14-21(28)13-22(29)15-23)38(36,37)24-11-9-18(2)10-12-24/h5-15,19H,4,16-17H2,1-3H3,(H,31,35)/t19-/m1/s1. The fourth-order valence-electron chi connectivity index (χ4n) is 3.76. The Hall–Kier alpha value is -2.78. The van der Waals surface area contributed by atoms with Crippen molar-refractivity contribution < 1.29 is 18.0 Å². The van der Waals surface area contributed by atoms with E-state index in [0.717, 1.165) is 9.87 Å². The van der Waals surface area contributed by atoms with Crippen molar-refractivity contribution in [1.82, 2.24) is 10.2 Å². The summed E-state index contributed by atoms with van der Waals surface area (Å²) in [4.78, 5) is 27.9. The smallest absolute Gasteiger partial charge is 0.264 e. The third-order valence-corrected chi connectivity index (χ3v) is 8.43. The minimum absolute atomic E-state index is 0.00840. The Bertz CT molecular complexity index is 1400. The molecule has 11 heteroatoms. The molecule has 3 rings (SSSR count). The van der Waals surface area contributed by atoms with Crippen molar-refractivity contribution in [3.8, 4) is 0 Å². The first-order valence-corrected chi connectivity index (χ1v) is 14.4. The SMILES string of the molecule is CCNC(=O)[C@@H](C)N(Cc1ccccc1Cl)C(=O)CN(c1cc(Cl)cc(Cl)c1)S(=O)(=O)c1ccc(C)cc1. The van der Waals surface area contributed by atoms with Crippen LogP contribution in [-0.2, 0) is 26.2 Å². The average Bonchev–Trinajstić information content (AvgIpc) is 2.86. The lowest BCUT2D eigenvalue weighted by molar-refractivity contribution is -0.139. The van der Waals surface area contributed by atoms with Gasteiger partial charge >= 0.3 is 0 Å². The molecule has 0 unspecified atom stereocenters. The molecule has 1 N–H and O–H groups in total. The molecule has 0 aliphatic rings. The fourth-order valence-corrected chi connectivity index (χ4v) is 5.87. The molecule has 0 bridgehead atoms. The third-order valence-electron chi connectivity index (χ3n) is 5.84. The van der Waals surface area contributed by atoms with E-state index in [9.17, 15) is 18.0 Å². The minimum Gasteiger partial charge on any atom is -0.355 e. The van der Waals surface area contributed by atoms with Gasteiger partial charge in [0.2, 0.25) is 11.8 Å². The number of aryl methyl sites for hydroxylation is 1. The predicted molar refractivity (Wildman–Crippen MR) is 152 cm³/mol. The third kappa shape index (κ3) is 7.20. The topological polar surface area (TPSA) is 86.8 Å². The van der Waals surface area contributed by atoms with E-state index in [4.69, 9.17) is 34.8 Å². The maximum absolute atomic E-state index is 13.8.